The number of aliphatic imine (C=N–C) groups is 1. The normalized spacial score (nSPS) is 14.2. The van der Waals surface area contributed by atoms with E-state index < -0.39 is 11.5 Å². The molecule has 0 rings (SSSR count). The number of rotatable bonds is 5. The maximum atomic E-state index is 11.1. The highest BCUT2D eigenvalue weighted by Gasteiger charge is 2.28. The van der Waals surface area contributed by atoms with Crippen molar-refractivity contribution in [2.45, 2.75) is 25.3 Å². The first kappa shape index (κ1) is 12.7. The topological polar surface area (TPSA) is 117 Å². The Kier molecular flexibility index (Phi) is 4.93. The van der Waals surface area contributed by atoms with E-state index in [2.05, 4.69) is 9.73 Å². The molecular formula is C8H18N4O2. The van der Waals surface area contributed by atoms with Crippen LogP contribution in [0.3, 0.4) is 0 Å². The lowest BCUT2D eigenvalue weighted by atomic mass is 9.97. The summed E-state index contributed by atoms with van der Waals surface area (Å²) in [6.45, 7) is 2.08. The van der Waals surface area contributed by atoms with Crippen LogP contribution in [-0.4, -0.2) is 31.1 Å². The van der Waals surface area contributed by atoms with E-state index in [0.29, 0.717) is 19.4 Å². The van der Waals surface area contributed by atoms with Crippen LogP contribution >= 0.6 is 0 Å². The molecule has 0 spiro atoms. The number of guanidine groups is 1. The molecule has 0 aromatic rings. The van der Waals surface area contributed by atoms with Crippen LogP contribution < -0.4 is 17.2 Å². The summed E-state index contributed by atoms with van der Waals surface area (Å²) in [6, 6.07) is 0. The first-order valence-electron chi connectivity index (χ1n) is 4.33. The van der Waals surface area contributed by atoms with E-state index >= 15 is 0 Å². The number of nitrogens with zero attached hydrogens (tertiary/aromatic N) is 1. The molecule has 0 heterocycles. The van der Waals surface area contributed by atoms with E-state index in [1.165, 1.54) is 7.11 Å². The number of hydrogen-bond donors (Lipinski definition) is 3. The molecule has 0 aliphatic carbocycles. The second-order valence-corrected chi connectivity index (χ2v) is 3.32. The Hall–Kier alpha value is -1.30. The third kappa shape index (κ3) is 4.66. The Balaban J connectivity index is 3.88. The Morgan fingerprint density at radius 3 is 2.50 bits per heavy atom. The molecule has 6 N–H and O–H groups in total. The Bertz CT molecular complexity index is 221. The summed E-state index contributed by atoms with van der Waals surface area (Å²) in [5.74, 6) is -0.385. The molecule has 0 amide bonds. The standard InChI is InChI=1S/C8H18N4O2/c1-8(11,6(13)14-2)4-3-5-12-7(9)10/h3-5,11H2,1-2H3,(H4,9,10,12). The van der Waals surface area contributed by atoms with Gasteiger partial charge in [0.15, 0.2) is 5.96 Å². The first-order chi connectivity index (χ1) is 6.40. The van der Waals surface area contributed by atoms with E-state index in [1.54, 1.807) is 6.92 Å². The van der Waals surface area contributed by atoms with Gasteiger partial charge in [0.2, 0.25) is 0 Å². The average Bonchev–Trinajstić information content (AvgIpc) is 2.10. The zero-order valence-corrected chi connectivity index (χ0v) is 8.62. The highest BCUT2D eigenvalue weighted by Crippen LogP contribution is 2.10. The molecule has 0 radical (unpaired) electrons. The number of hydrogen-bond acceptors (Lipinski definition) is 4. The van der Waals surface area contributed by atoms with Crippen LogP contribution in [0.25, 0.3) is 0 Å². The highest BCUT2D eigenvalue weighted by atomic mass is 16.5. The van der Waals surface area contributed by atoms with Gasteiger partial charge in [-0.3, -0.25) is 9.79 Å². The van der Waals surface area contributed by atoms with Crippen molar-refractivity contribution in [3.8, 4) is 0 Å². The smallest absolute Gasteiger partial charge is 0.325 e. The van der Waals surface area contributed by atoms with Crippen molar-refractivity contribution in [2.75, 3.05) is 13.7 Å². The van der Waals surface area contributed by atoms with Gasteiger partial charge in [0.25, 0.3) is 0 Å². The van der Waals surface area contributed by atoms with Crippen molar-refractivity contribution in [3.63, 3.8) is 0 Å². The highest BCUT2D eigenvalue weighted by molar-refractivity contribution is 5.79. The summed E-state index contributed by atoms with van der Waals surface area (Å²) >= 11 is 0. The summed E-state index contributed by atoms with van der Waals surface area (Å²) in [6.07, 6.45) is 1.12. The number of carbonyl (C=O) groups excluding carboxylic acids is 1. The SMILES string of the molecule is COC(=O)C(C)(N)CCCN=C(N)N. The predicted molar refractivity (Wildman–Crippen MR) is 54.5 cm³/mol. The lowest BCUT2D eigenvalue weighted by Crippen LogP contribution is -2.45. The zero-order chi connectivity index (χ0) is 11.2. The molecule has 6 nitrogen and oxygen atoms in total. The zero-order valence-electron chi connectivity index (χ0n) is 8.62. The number of carbonyl (C=O) groups is 1. The van der Waals surface area contributed by atoms with Crippen LogP contribution in [0.15, 0.2) is 4.99 Å². The number of ether oxygens (including phenoxy) is 1. The quantitative estimate of drug-likeness (QED) is 0.227. The molecule has 6 heteroatoms. The minimum Gasteiger partial charge on any atom is -0.468 e. The summed E-state index contributed by atoms with van der Waals surface area (Å²) in [7, 11) is 1.31. The van der Waals surface area contributed by atoms with Gasteiger partial charge < -0.3 is 21.9 Å². The molecule has 0 aliphatic heterocycles. The van der Waals surface area contributed by atoms with Gasteiger partial charge in [-0.05, 0) is 19.8 Å². The van der Waals surface area contributed by atoms with Crippen molar-refractivity contribution < 1.29 is 9.53 Å². The summed E-state index contributed by atoms with van der Waals surface area (Å²) in [4.78, 5) is 14.9. The third-order valence-corrected chi connectivity index (χ3v) is 1.80. The minimum absolute atomic E-state index is 0.0433. The van der Waals surface area contributed by atoms with Crippen molar-refractivity contribution in [2.24, 2.45) is 22.2 Å². The Labute approximate surface area is 83.5 Å². The fraction of sp³-hybridized carbons (Fsp3) is 0.750. The van der Waals surface area contributed by atoms with E-state index in [0.717, 1.165) is 0 Å². The fourth-order valence-corrected chi connectivity index (χ4v) is 0.990. The van der Waals surface area contributed by atoms with Crippen LogP contribution in [0, 0.1) is 0 Å². The maximum absolute atomic E-state index is 11.1. The van der Waals surface area contributed by atoms with E-state index in [1.807, 2.05) is 0 Å². The second-order valence-electron chi connectivity index (χ2n) is 3.32. The van der Waals surface area contributed by atoms with Crippen LogP contribution in [0.5, 0.6) is 0 Å². The molecular weight excluding hydrogens is 184 g/mol. The van der Waals surface area contributed by atoms with Gasteiger partial charge in [-0.1, -0.05) is 0 Å². The second kappa shape index (κ2) is 5.43. The van der Waals surface area contributed by atoms with Gasteiger partial charge in [0, 0.05) is 6.54 Å². The van der Waals surface area contributed by atoms with E-state index in [9.17, 15) is 4.79 Å². The Morgan fingerprint density at radius 1 is 1.50 bits per heavy atom. The van der Waals surface area contributed by atoms with Crippen LogP contribution in [-0.2, 0) is 9.53 Å². The largest absolute Gasteiger partial charge is 0.468 e. The van der Waals surface area contributed by atoms with Crippen molar-refractivity contribution in [1.82, 2.24) is 0 Å². The van der Waals surface area contributed by atoms with Crippen LogP contribution in [0.4, 0.5) is 0 Å². The van der Waals surface area contributed by atoms with Gasteiger partial charge >= 0.3 is 5.97 Å². The molecule has 14 heavy (non-hydrogen) atoms. The third-order valence-electron chi connectivity index (χ3n) is 1.80. The van der Waals surface area contributed by atoms with Crippen LogP contribution in [0.2, 0.25) is 0 Å². The van der Waals surface area contributed by atoms with Crippen molar-refractivity contribution >= 4 is 11.9 Å². The predicted octanol–water partition coefficient (Wildman–Crippen LogP) is -1.07. The minimum atomic E-state index is -0.965. The number of esters is 1. The average molecular weight is 202 g/mol. The number of nitrogens with two attached hydrogens (primary N) is 3. The monoisotopic (exact) mass is 202 g/mol. The van der Waals surface area contributed by atoms with Crippen molar-refractivity contribution in [3.05, 3.63) is 0 Å². The summed E-state index contributed by atoms with van der Waals surface area (Å²) in [5.41, 5.74) is 15.0. The molecule has 0 aliphatic rings. The summed E-state index contributed by atoms with van der Waals surface area (Å²) < 4.78 is 4.54. The lowest BCUT2D eigenvalue weighted by Gasteiger charge is -2.20. The molecule has 1 unspecified atom stereocenters. The van der Waals surface area contributed by atoms with Gasteiger partial charge in [-0.25, -0.2) is 0 Å². The molecule has 1 atom stereocenters. The van der Waals surface area contributed by atoms with Gasteiger partial charge in [-0.15, -0.1) is 0 Å². The molecule has 0 saturated carbocycles. The molecule has 0 bridgehead atoms. The summed E-state index contributed by atoms with van der Waals surface area (Å²) in [5, 5.41) is 0. The first-order valence-corrected chi connectivity index (χ1v) is 4.33. The molecule has 0 aromatic heterocycles. The molecule has 0 saturated heterocycles. The number of methoxy groups -OCH3 is 1. The van der Waals surface area contributed by atoms with E-state index in [-0.39, 0.29) is 5.96 Å². The molecule has 0 aromatic carbocycles. The van der Waals surface area contributed by atoms with Gasteiger partial charge in [-0.2, -0.15) is 0 Å². The van der Waals surface area contributed by atoms with Gasteiger partial charge in [0.1, 0.15) is 5.54 Å². The fourth-order valence-electron chi connectivity index (χ4n) is 0.990. The van der Waals surface area contributed by atoms with Crippen molar-refractivity contribution in [1.29, 1.82) is 0 Å². The lowest BCUT2D eigenvalue weighted by molar-refractivity contribution is -0.146. The van der Waals surface area contributed by atoms with Gasteiger partial charge in [0.05, 0.1) is 7.11 Å². The molecule has 0 fully saturated rings. The maximum Gasteiger partial charge on any atom is 0.325 e. The molecule has 82 valence electrons. The Morgan fingerprint density at radius 2 is 2.07 bits per heavy atom. The van der Waals surface area contributed by atoms with E-state index in [4.69, 9.17) is 17.2 Å². The van der Waals surface area contributed by atoms with Crippen LogP contribution in [0.1, 0.15) is 19.8 Å².